The lowest BCUT2D eigenvalue weighted by molar-refractivity contribution is -0.142. The predicted octanol–water partition coefficient (Wildman–Crippen LogP) is 6.72. The summed E-state index contributed by atoms with van der Waals surface area (Å²) in [6.45, 7) is 1.24. The Morgan fingerprint density at radius 2 is 0.963 bits per heavy atom. The van der Waals surface area contributed by atoms with Crippen molar-refractivity contribution in [2.45, 2.75) is 114 Å². The number of phenolic OH excluding ortho intramolecular Hbond substituents is 3. The zero-order chi connectivity index (χ0) is 57.7. The summed E-state index contributed by atoms with van der Waals surface area (Å²) in [7, 11) is 6.47. The van der Waals surface area contributed by atoms with Crippen molar-refractivity contribution in [3.63, 3.8) is 0 Å². The van der Waals surface area contributed by atoms with Gasteiger partial charge in [-0.3, -0.25) is 24.0 Å². The van der Waals surface area contributed by atoms with Crippen LogP contribution >= 0.6 is 12.4 Å². The molecule has 3 amide bonds. The molecule has 3 heterocycles. The fourth-order valence-corrected chi connectivity index (χ4v) is 9.18. The van der Waals surface area contributed by atoms with E-state index in [0.29, 0.717) is 17.7 Å². The van der Waals surface area contributed by atoms with E-state index in [-0.39, 0.29) is 83.8 Å². The fraction of sp³-hybridized carbons (Fsp3) is 0.421. The van der Waals surface area contributed by atoms with Crippen LogP contribution < -0.4 is 21.7 Å². The predicted molar refractivity (Wildman–Crippen MR) is 295 cm³/mol. The van der Waals surface area contributed by atoms with Crippen molar-refractivity contribution in [2.24, 2.45) is 5.73 Å². The highest BCUT2D eigenvalue weighted by molar-refractivity contribution is 5.95. The number of carboxylic acid groups (broad SMARTS) is 1. The number of aryl methyl sites for hydroxylation is 3. The van der Waals surface area contributed by atoms with E-state index in [1.54, 1.807) is 54.6 Å². The van der Waals surface area contributed by atoms with E-state index < -0.39 is 36.0 Å². The Labute approximate surface area is 474 Å². The van der Waals surface area contributed by atoms with Crippen molar-refractivity contribution in [1.82, 2.24) is 36.3 Å². The Morgan fingerprint density at radius 3 is 1.38 bits per heavy atom. The molecular formula is C57H71ClN8O15. The molecule has 6 aromatic rings. The van der Waals surface area contributed by atoms with E-state index in [1.165, 1.54) is 32.4 Å². The minimum atomic E-state index is -0.984. The minimum Gasteiger partial charge on any atom is -0.508 e. The number of aromatic carboxylic acids is 1. The molecule has 3 atom stereocenters. The third-order valence-electron chi connectivity index (χ3n) is 13.4. The van der Waals surface area contributed by atoms with Crippen molar-refractivity contribution >= 4 is 48.0 Å². The minimum absolute atomic E-state index is 0. The first-order valence-electron chi connectivity index (χ1n) is 26.4. The molecule has 0 bridgehead atoms. The van der Waals surface area contributed by atoms with Crippen LogP contribution in [0.5, 0.6) is 17.2 Å². The van der Waals surface area contributed by atoms with E-state index in [2.05, 4.69) is 36.2 Å². The summed E-state index contributed by atoms with van der Waals surface area (Å²) in [6, 6.07) is 17.8. The lowest BCUT2D eigenvalue weighted by atomic mass is 9.96. The molecule has 3 aliphatic carbocycles. The van der Waals surface area contributed by atoms with Crippen molar-refractivity contribution in [2.75, 3.05) is 41.4 Å². The molecule has 3 aliphatic rings. The molecular weight excluding hydrogens is 1070 g/mol. The van der Waals surface area contributed by atoms with Gasteiger partial charge in [0.15, 0.2) is 17.1 Å². The lowest BCUT2D eigenvalue weighted by Gasteiger charge is -2.19. The molecule has 0 spiro atoms. The Balaban J connectivity index is 0.000000209. The molecule has 23 nitrogen and oxygen atoms in total. The second-order valence-electron chi connectivity index (χ2n) is 19.6. The Bertz CT molecular complexity index is 3060. The highest BCUT2D eigenvalue weighted by atomic mass is 35.5. The maximum Gasteiger partial charge on any atom is 0.358 e. The number of hydrogen-bond donors (Lipinski definition) is 8. The number of aromatic nitrogens is 3. The fourth-order valence-electron chi connectivity index (χ4n) is 9.18. The average Bonchev–Trinajstić information content (AvgIpc) is 4.23. The number of carbonyl (C=O) groups excluding carboxylic acids is 5. The summed E-state index contributed by atoms with van der Waals surface area (Å²) in [6.07, 6.45) is 11.0. The van der Waals surface area contributed by atoms with Crippen LogP contribution in [-0.4, -0.2) is 118 Å². The van der Waals surface area contributed by atoms with Gasteiger partial charge in [-0.05, 0) is 125 Å². The summed E-state index contributed by atoms with van der Waals surface area (Å²) in [5.41, 5.74) is 10.9. The number of fused-ring (bicyclic) bond motifs is 3. The topological polar surface area (TPSA) is 345 Å². The highest BCUT2D eigenvalue weighted by Crippen LogP contribution is 2.29. The molecule has 0 saturated heterocycles. The SMILES string of the molecule is CN(C)CCNC(=O)CC(NC(=O)c1noc2c1CCCC2)c1cccc(O)c1.COC(=O)CC(N)c1cccc(O)c1.COC(=O)CC(NC(=O)c1noc2c1CCCC2)c1cccc(O)c1.Cl.O=C(O)c1noc2c1CCCC2. The number of nitrogens with one attached hydrogen (secondary N) is 3. The van der Waals surface area contributed by atoms with E-state index in [0.717, 1.165) is 123 Å². The van der Waals surface area contributed by atoms with Gasteiger partial charge in [-0.2, -0.15) is 0 Å². The highest BCUT2D eigenvalue weighted by Gasteiger charge is 2.29. The van der Waals surface area contributed by atoms with E-state index in [9.17, 15) is 44.1 Å². The number of halogens is 1. The average molecular weight is 1140 g/mol. The van der Waals surface area contributed by atoms with Gasteiger partial charge in [0.2, 0.25) is 5.91 Å². The van der Waals surface area contributed by atoms with Crippen LogP contribution in [0.15, 0.2) is 86.4 Å². The maximum absolute atomic E-state index is 12.9. The molecule has 0 radical (unpaired) electrons. The summed E-state index contributed by atoms with van der Waals surface area (Å²) in [5.74, 6) is -0.179. The maximum atomic E-state index is 12.9. The number of carboxylic acids is 1. The van der Waals surface area contributed by atoms with Crippen molar-refractivity contribution in [1.29, 1.82) is 0 Å². The summed E-state index contributed by atoms with van der Waals surface area (Å²) >= 11 is 0. The number of likely N-dealkylation sites (N-methyl/N-ethyl adjacent to an activating group) is 1. The van der Waals surface area contributed by atoms with Gasteiger partial charge in [0.1, 0.15) is 34.5 Å². The standard InChI is InChI=1S/C21H28N4O4.C18H20N2O5.C10H13NO3.C8H9NO3.ClH/c1-25(2)11-10-22-19(27)13-17(14-6-5-7-15(26)12-14)23-21(28)20-16-8-3-4-9-18(16)29-24-20;1-24-16(22)10-14(11-5-4-6-12(21)9-11)19-18(23)17-13-7-2-3-8-15(13)25-20-17;1-14-10(13)6-9(11)7-3-2-4-8(12)5-7;10-8(11)7-5-3-1-2-4-6(5)12-9-7;/h5-7,12,17,26H,3-4,8-11,13H2,1-2H3,(H,22,27)(H,23,28);4-6,9,14,21H,2-3,7-8,10H2,1H3,(H,19,23);2-5,9,12H,6,11H2,1H3;1-4H2,(H,10,11);1H. The quantitative estimate of drug-likeness (QED) is 0.0439. The largest absolute Gasteiger partial charge is 0.508 e. The number of rotatable bonds is 17. The number of carbonyl (C=O) groups is 6. The first-order chi connectivity index (χ1) is 38.4. The van der Waals surface area contributed by atoms with Gasteiger partial charge in [-0.15, -0.1) is 12.4 Å². The number of phenols is 3. The monoisotopic (exact) mass is 1140 g/mol. The van der Waals surface area contributed by atoms with Crippen LogP contribution in [0.25, 0.3) is 0 Å². The summed E-state index contributed by atoms with van der Waals surface area (Å²) < 4.78 is 24.7. The first kappa shape index (κ1) is 63.6. The second kappa shape index (κ2) is 31.5. The van der Waals surface area contributed by atoms with Gasteiger partial charge in [0, 0.05) is 55.1 Å². The van der Waals surface area contributed by atoms with Crippen LogP contribution in [0.3, 0.4) is 0 Å². The van der Waals surface area contributed by atoms with E-state index in [4.69, 9.17) is 29.1 Å². The Morgan fingerprint density at radius 1 is 0.580 bits per heavy atom. The van der Waals surface area contributed by atoms with Crippen LogP contribution in [0, 0.1) is 0 Å². The number of nitrogens with two attached hydrogens (primary N) is 1. The Hall–Kier alpha value is -8.28. The van der Waals surface area contributed by atoms with Crippen molar-refractivity contribution in [3.8, 4) is 17.2 Å². The molecule has 3 unspecified atom stereocenters. The van der Waals surface area contributed by atoms with Gasteiger partial charge in [0.25, 0.3) is 11.8 Å². The van der Waals surface area contributed by atoms with Crippen LogP contribution in [0.2, 0.25) is 0 Å². The molecule has 3 aromatic carbocycles. The molecule has 0 saturated carbocycles. The number of methoxy groups -OCH3 is 2. The first-order valence-corrected chi connectivity index (χ1v) is 26.4. The summed E-state index contributed by atoms with van der Waals surface area (Å²) in [5, 5.41) is 57.4. The number of nitrogens with zero attached hydrogens (tertiary/aromatic N) is 4. The lowest BCUT2D eigenvalue weighted by Crippen LogP contribution is -2.36. The number of hydrogen-bond acceptors (Lipinski definition) is 19. The number of aromatic hydroxyl groups is 3. The van der Waals surface area contributed by atoms with Crippen molar-refractivity contribution < 1.29 is 72.2 Å². The molecule has 3 aromatic heterocycles. The van der Waals surface area contributed by atoms with Gasteiger partial charge >= 0.3 is 17.9 Å². The van der Waals surface area contributed by atoms with Crippen LogP contribution in [-0.2, 0) is 62.4 Å². The number of amides is 3. The smallest absolute Gasteiger partial charge is 0.358 e. The van der Waals surface area contributed by atoms with Gasteiger partial charge < -0.3 is 70.1 Å². The number of ether oxygens (including phenoxy) is 2. The van der Waals surface area contributed by atoms with E-state index in [1.807, 2.05) is 19.0 Å². The van der Waals surface area contributed by atoms with Crippen LogP contribution in [0.1, 0.15) is 158 Å². The number of esters is 2. The molecule has 0 aliphatic heterocycles. The molecule has 9 rings (SSSR count). The molecule has 24 heteroatoms. The molecule has 9 N–H and O–H groups in total. The normalized spacial score (nSPS) is 14.0. The van der Waals surface area contributed by atoms with E-state index >= 15 is 0 Å². The zero-order valence-electron chi connectivity index (χ0n) is 45.7. The Kier molecular flexibility index (Phi) is 24.7. The molecule has 81 heavy (non-hydrogen) atoms. The van der Waals surface area contributed by atoms with Crippen LogP contribution in [0.4, 0.5) is 0 Å². The van der Waals surface area contributed by atoms with Gasteiger partial charge in [-0.25, -0.2) is 4.79 Å². The number of benzene rings is 3. The third kappa shape index (κ3) is 18.9. The second-order valence-corrected chi connectivity index (χ2v) is 19.6. The molecule has 436 valence electrons. The third-order valence-corrected chi connectivity index (χ3v) is 13.4. The molecule has 0 fully saturated rings. The zero-order valence-corrected chi connectivity index (χ0v) is 46.6. The van der Waals surface area contributed by atoms with Gasteiger partial charge in [0.05, 0.1) is 45.6 Å². The summed E-state index contributed by atoms with van der Waals surface area (Å²) in [4.78, 5) is 73.2. The van der Waals surface area contributed by atoms with Gasteiger partial charge in [-0.1, -0.05) is 51.9 Å². The van der Waals surface area contributed by atoms with Crippen molar-refractivity contribution in [3.05, 3.63) is 141 Å².